The Morgan fingerprint density at radius 3 is 2.87 bits per heavy atom. The molecule has 2 aromatic heterocycles. The number of hydrogen-bond acceptors (Lipinski definition) is 3. The first-order chi connectivity index (χ1) is 11.1. The average Bonchev–Trinajstić information content (AvgIpc) is 3.16. The van der Waals surface area contributed by atoms with E-state index < -0.39 is 0 Å². The van der Waals surface area contributed by atoms with Gasteiger partial charge in [0.2, 0.25) is 0 Å². The van der Waals surface area contributed by atoms with Gasteiger partial charge in [-0.1, -0.05) is 0 Å². The molecule has 0 radical (unpaired) electrons. The zero-order valence-corrected chi connectivity index (χ0v) is 13.9. The molecule has 0 saturated carbocycles. The summed E-state index contributed by atoms with van der Waals surface area (Å²) in [5.41, 5.74) is 1.92. The molecule has 124 valence electrons. The minimum atomic E-state index is 0.101. The van der Waals surface area contributed by atoms with Crippen molar-refractivity contribution in [2.75, 3.05) is 26.2 Å². The zero-order valence-electron chi connectivity index (χ0n) is 13.9. The van der Waals surface area contributed by atoms with E-state index in [0.29, 0.717) is 11.7 Å². The fourth-order valence-corrected chi connectivity index (χ4v) is 2.97. The van der Waals surface area contributed by atoms with Crippen LogP contribution in [0.3, 0.4) is 0 Å². The molecule has 0 aromatic carbocycles. The summed E-state index contributed by atoms with van der Waals surface area (Å²) in [4.78, 5) is 19.8. The van der Waals surface area contributed by atoms with Gasteiger partial charge in [-0.25, -0.2) is 0 Å². The standard InChI is InChI=1S/C17H25N5O/c1-14(2)22-13-15(11-19-22)12-20-7-4-8-21(10-9-20)17(23)16-5-3-6-18-16/h3,5-6,11,13-14,18H,4,7-10,12H2,1-2H3. The van der Waals surface area contributed by atoms with E-state index in [4.69, 9.17) is 0 Å². The molecule has 0 atom stereocenters. The van der Waals surface area contributed by atoms with Crippen LogP contribution in [-0.2, 0) is 6.54 Å². The van der Waals surface area contributed by atoms with Crippen LogP contribution in [0.4, 0.5) is 0 Å². The molecule has 1 fully saturated rings. The second-order valence-electron chi connectivity index (χ2n) is 6.43. The van der Waals surface area contributed by atoms with Crippen molar-refractivity contribution in [1.82, 2.24) is 24.6 Å². The van der Waals surface area contributed by atoms with Gasteiger partial charge in [0.25, 0.3) is 5.91 Å². The Hall–Kier alpha value is -2.08. The molecule has 0 bridgehead atoms. The molecule has 23 heavy (non-hydrogen) atoms. The topological polar surface area (TPSA) is 57.2 Å². The second kappa shape index (κ2) is 7.00. The third-order valence-corrected chi connectivity index (χ3v) is 4.29. The first-order valence-corrected chi connectivity index (χ1v) is 8.31. The van der Waals surface area contributed by atoms with Crippen LogP contribution in [0.1, 0.15) is 42.4 Å². The molecule has 0 unspecified atom stereocenters. The molecular formula is C17H25N5O. The van der Waals surface area contributed by atoms with Crippen LogP contribution < -0.4 is 0 Å². The number of nitrogens with zero attached hydrogens (tertiary/aromatic N) is 4. The third-order valence-electron chi connectivity index (χ3n) is 4.29. The van der Waals surface area contributed by atoms with Crippen LogP contribution in [0.25, 0.3) is 0 Å². The summed E-state index contributed by atoms with van der Waals surface area (Å²) in [6.45, 7) is 8.67. The van der Waals surface area contributed by atoms with Gasteiger partial charge in [-0.2, -0.15) is 5.10 Å². The number of carbonyl (C=O) groups is 1. The van der Waals surface area contributed by atoms with Crippen molar-refractivity contribution >= 4 is 5.91 Å². The molecule has 0 spiro atoms. The summed E-state index contributed by atoms with van der Waals surface area (Å²) >= 11 is 0. The lowest BCUT2D eigenvalue weighted by Crippen LogP contribution is -2.35. The third kappa shape index (κ3) is 3.82. The minimum absolute atomic E-state index is 0.101. The highest BCUT2D eigenvalue weighted by atomic mass is 16.2. The number of hydrogen-bond donors (Lipinski definition) is 1. The van der Waals surface area contributed by atoms with Crippen molar-refractivity contribution in [3.05, 3.63) is 42.0 Å². The number of carbonyl (C=O) groups excluding carboxylic acids is 1. The van der Waals surface area contributed by atoms with Gasteiger partial charge < -0.3 is 9.88 Å². The summed E-state index contributed by atoms with van der Waals surface area (Å²) in [6.07, 6.45) is 6.87. The fourth-order valence-electron chi connectivity index (χ4n) is 2.97. The van der Waals surface area contributed by atoms with Gasteiger partial charge >= 0.3 is 0 Å². The molecule has 1 amide bonds. The van der Waals surface area contributed by atoms with Crippen molar-refractivity contribution in [2.24, 2.45) is 0 Å². The SMILES string of the molecule is CC(C)n1cc(CN2CCCN(C(=O)c3ccc[nH]3)CC2)cn1. The van der Waals surface area contributed by atoms with Gasteiger partial charge in [0.05, 0.1) is 6.20 Å². The number of nitrogens with one attached hydrogen (secondary N) is 1. The minimum Gasteiger partial charge on any atom is -0.357 e. The van der Waals surface area contributed by atoms with Gasteiger partial charge in [0.1, 0.15) is 5.69 Å². The van der Waals surface area contributed by atoms with Crippen molar-refractivity contribution in [2.45, 2.75) is 32.9 Å². The van der Waals surface area contributed by atoms with Crippen LogP contribution in [-0.4, -0.2) is 56.7 Å². The first-order valence-electron chi connectivity index (χ1n) is 8.31. The number of aromatic amines is 1. The molecule has 1 saturated heterocycles. The molecule has 3 heterocycles. The van der Waals surface area contributed by atoms with E-state index in [-0.39, 0.29) is 5.91 Å². The van der Waals surface area contributed by atoms with Gasteiger partial charge in [-0.3, -0.25) is 14.4 Å². The normalized spacial score (nSPS) is 16.7. The molecule has 6 nitrogen and oxygen atoms in total. The molecule has 3 rings (SSSR count). The molecule has 1 aliphatic rings. The van der Waals surface area contributed by atoms with E-state index in [1.54, 1.807) is 6.20 Å². The van der Waals surface area contributed by atoms with E-state index in [1.165, 1.54) is 5.56 Å². The van der Waals surface area contributed by atoms with Crippen molar-refractivity contribution in [3.8, 4) is 0 Å². The molecule has 0 aliphatic carbocycles. The Labute approximate surface area is 137 Å². The number of aromatic nitrogens is 3. The number of rotatable bonds is 4. The number of amides is 1. The van der Waals surface area contributed by atoms with Gasteiger partial charge in [0.15, 0.2) is 0 Å². The summed E-state index contributed by atoms with van der Waals surface area (Å²) in [7, 11) is 0. The van der Waals surface area contributed by atoms with Crippen molar-refractivity contribution in [1.29, 1.82) is 0 Å². The molecule has 1 aliphatic heterocycles. The lowest BCUT2D eigenvalue weighted by Gasteiger charge is -2.21. The lowest BCUT2D eigenvalue weighted by atomic mass is 10.3. The maximum Gasteiger partial charge on any atom is 0.270 e. The molecule has 1 N–H and O–H groups in total. The van der Waals surface area contributed by atoms with E-state index >= 15 is 0 Å². The zero-order chi connectivity index (χ0) is 16.2. The Bertz CT molecular complexity index is 631. The van der Waals surface area contributed by atoms with Crippen LogP contribution in [0.2, 0.25) is 0 Å². The summed E-state index contributed by atoms with van der Waals surface area (Å²) < 4.78 is 1.99. The first kappa shape index (κ1) is 15.8. The smallest absolute Gasteiger partial charge is 0.270 e. The van der Waals surface area contributed by atoms with Crippen LogP contribution >= 0.6 is 0 Å². The second-order valence-corrected chi connectivity index (χ2v) is 6.43. The lowest BCUT2D eigenvalue weighted by molar-refractivity contribution is 0.0756. The van der Waals surface area contributed by atoms with Crippen molar-refractivity contribution in [3.63, 3.8) is 0 Å². The maximum absolute atomic E-state index is 12.4. The van der Waals surface area contributed by atoms with E-state index in [9.17, 15) is 4.79 Å². The van der Waals surface area contributed by atoms with E-state index in [0.717, 1.165) is 39.1 Å². The Kier molecular flexibility index (Phi) is 4.81. The molecule has 6 heteroatoms. The highest BCUT2D eigenvalue weighted by molar-refractivity contribution is 5.92. The average molecular weight is 315 g/mol. The largest absolute Gasteiger partial charge is 0.357 e. The Balaban J connectivity index is 1.56. The van der Waals surface area contributed by atoms with E-state index in [2.05, 4.69) is 35.0 Å². The molecule has 2 aromatic rings. The van der Waals surface area contributed by atoms with Gasteiger partial charge in [0, 0.05) is 56.7 Å². The Morgan fingerprint density at radius 1 is 1.30 bits per heavy atom. The predicted octanol–water partition coefficient (Wildman–Crippen LogP) is 2.14. The van der Waals surface area contributed by atoms with E-state index in [1.807, 2.05) is 27.9 Å². The number of H-pyrrole nitrogens is 1. The monoisotopic (exact) mass is 315 g/mol. The quantitative estimate of drug-likeness (QED) is 0.940. The van der Waals surface area contributed by atoms with Crippen LogP contribution in [0.5, 0.6) is 0 Å². The highest BCUT2D eigenvalue weighted by Gasteiger charge is 2.21. The summed E-state index contributed by atoms with van der Waals surface area (Å²) in [6, 6.07) is 4.09. The predicted molar refractivity (Wildman–Crippen MR) is 89.2 cm³/mol. The van der Waals surface area contributed by atoms with Crippen LogP contribution in [0, 0.1) is 0 Å². The summed E-state index contributed by atoms with van der Waals surface area (Å²) in [5, 5.41) is 4.40. The van der Waals surface area contributed by atoms with Crippen molar-refractivity contribution < 1.29 is 4.79 Å². The molecular weight excluding hydrogens is 290 g/mol. The van der Waals surface area contributed by atoms with Crippen LogP contribution in [0.15, 0.2) is 30.7 Å². The Morgan fingerprint density at radius 2 is 2.17 bits per heavy atom. The van der Waals surface area contributed by atoms with Gasteiger partial charge in [-0.15, -0.1) is 0 Å². The van der Waals surface area contributed by atoms with Gasteiger partial charge in [-0.05, 0) is 32.4 Å². The highest BCUT2D eigenvalue weighted by Crippen LogP contribution is 2.12. The summed E-state index contributed by atoms with van der Waals surface area (Å²) in [5.74, 6) is 0.101. The fraction of sp³-hybridized carbons (Fsp3) is 0.529. The maximum atomic E-state index is 12.4.